The number of hydrogen-bond acceptors (Lipinski definition) is 4. The van der Waals surface area contributed by atoms with Crippen molar-refractivity contribution < 1.29 is 4.42 Å². The highest BCUT2D eigenvalue weighted by molar-refractivity contribution is 14.0. The minimum atomic E-state index is 0. The van der Waals surface area contributed by atoms with Crippen LogP contribution in [0.15, 0.2) is 27.8 Å². The molecule has 1 aromatic rings. The second-order valence-corrected chi connectivity index (χ2v) is 8.31. The van der Waals surface area contributed by atoms with Crippen molar-refractivity contribution in [3.63, 3.8) is 0 Å². The summed E-state index contributed by atoms with van der Waals surface area (Å²) in [5.41, 5.74) is 0. The molecule has 1 atom stereocenters. The second-order valence-electron chi connectivity index (χ2n) is 8.31. The second kappa shape index (κ2) is 13.5. The highest BCUT2D eigenvalue weighted by Gasteiger charge is 2.24. The Morgan fingerprint density at radius 2 is 1.93 bits per heavy atom. The van der Waals surface area contributed by atoms with E-state index in [1.807, 2.05) is 6.07 Å². The largest absolute Gasteiger partial charge is 0.468 e. The van der Waals surface area contributed by atoms with Gasteiger partial charge in [0.15, 0.2) is 5.96 Å². The predicted octanol–water partition coefficient (Wildman–Crippen LogP) is 3.71. The van der Waals surface area contributed by atoms with Crippen LogP contribution in [0.25, 0.3) is 0 Å². The van der Waals surface area contributed by atoms with Crippen LogP contribution in [0.4, 0.5) is 0 Å². The highest BCUT2D eigenvalue weighted by atomic mass is 127. The number of aliphatic imine (C=N–C) groups is 1. The molecule has 1 unspecified atom stereocenters. The molecule has 1 aromatic heterocycles. The van der Waals surface area contributed by atoms with E-state index < -0.39 is 0 Å². The zero-order valence-corrected chi connectivity index (χ0v) is 20.6. The Labute approximate surface area is 193 Å². The molecule has 29 heavy (non-hydrogen) atoms. The Balaban J connectivity index is 0.00000300. The minimum absolute atomic E-state index is 0. The van der Waals surface area contributed by atoms with Gasteiger partial charge in [0, 0.05) is 13.1 Å². The van der Waals surface area contributed by atoms with E-state index in [9.17, 15) is 0 Å². The molecule has 0 aliphatic carbocycles. The summed E-state index contributed by atoms with van der Waals surface area (Å²) in [6, 6.07) is 4.32. The van der Waals surface area contributed by atoms with E-state index in [-0.39, 0.29) is 30.0 Å². The number of piperidine rings is 2. The first-order valence-electron chi connectivity index (χ1n) is 11.2. The zero-order chi connectivity index (χ0) is 19.6. The number of halogens is 1. The summed E-state index contributed by atoms with van der Waals surface area (Å²) in [7, 11) is 2.22. The molecule has 3 rings (SSSR count). The number of likely N-dealkylation sites (tertiary alicyclic amines) is 2. The monoisotopic (exact) mass is 517 g/mol. The molecule has 3 heterocycles. The lowest BCUT2D eigenvalue weighted by Crippen LogP contribution is -2.40. The summed E-state index contributed by atoms with van der Waals surface area (Å²) in [6.07, 6.45) is 9.53. The Bertz CT molecular complexity index is 566. The minimum Gasteiger partial charge on any atom is -0.468 e. The fourth-order valence-corrected chi connectivity index (χ4v) is 4.36. The molecule has 166 valence electrons. The van der Waals surface area contributed by atoms with Gasteiger partial charge < -0.3 is 20.0 Å². The van der Waals surface area contributed by atoms with E-state index >= 15 is 0 Å². The zero-order valence-electron chi connectivity index (χ0n) is 18.2. The van der Waals surface area contributed by atoms with Crippen molar-refractivity contribution in [1.29, 1.82) is 0 Å². The molecule has 2 aliphatic rings. The third kappa shape index (κ3) is 8.09. The van der Waals surface area contributed by atoms with Crippen molar-refractivity contribution in [3.05, 3.63) is 24.2 Å². The molecule has 0 aromatic carbocycles. The van der Waals surface area contributed by atoms with Gasteiger partial charge in [-0.1, -0.05) is 6.42 Å². The van der Waals surface area contributed by atoms with Gasteiger partial charge in [0.25, 0.3) is 0 Å². The van der Waals surface area contributed by atoms with Crippen molar-refractivity contribution in [2.24, 2.45) is 10.9 Å². The van der Waals surface area contributed by atoms with Gasteiger partial charge in [-0.3, -0.25) is 9.89 Å². The molecule has 2 fully saturated rings. The SMILES string of the molecule is CCNC(=NCC(c1ccco1)N1CCCCC1)NCCC1CCN(C)CC1.I. The number of rotatable bonds is 8. The van der Waals surface area contributed by atoms with Crippen molar-refractivity contribution in [2.75, 3.05) is 52.9 Å². The van der Waals surface area contributed by atoms with Crippen molar-refractivity contribution in [1.82, 2.24) is 20.4 Å². The molecule has 6 nitrogen and oxygen atoms in total. The van der Waals surface area contributed by atoms with Gasteiger partial charge in [-0.05, 0) is 90.3 Å². The smallest absolute Gasteiger partial charge is 0.191 e. The summed E-state index contributed by atoms with van der Waals surface area (Å²) in [4.78, 5) is 9.90. The van der Waals surface area contributed by atoms with E-state index in [2.05, 4.69) is 40.5 Å². The lowest BCUT2D eigenvalue weighted by molar-refractivity contribution is 0.150. The van der Waals surface area contributed by atoms with Crippen LogP contribution >= 0.6 is 24.0 Å². The third-order valence-electron chi connectivity index (χ3n) is 6.15. The van der Waals surface area contributed by atoms with Crippen LogP contribution < -0.4 is 10.6 Å². The number of hydrogen-bond donors (Lipinski definition) is 2. The van der Waals surface area contributed by atoms with Crippen molar-refractivity contribution in [3.8, 4) is 0 Å². The quantitative estimate of drug-likeness (QED) is 0.313. The van der Waals surface area contributed by atoms with Gasteiger partial charge in [-0.25, -0.2) is 0 Å². The van der Waals surface area contributed by atoms with Gasteiger partial charge in [-0.15, -0.1) is 24.0 Å². The van der Waals surface area contributed by atoms with Crippen LogP contribution in [0.2, 0.25) is 0 Å². The molecular formula is C22H40IN5O. The maximum absolute atomic E-state index is 5.75. The fraction of sp³-hybridized carbons (Fsp3) is 0.773. The molecule has 0 bridgehead atoms. The first kappa shape index (κ1) is 24.5. The molecule has 0 saturated carbocycles. The normalized spacial score (nSPS) is 20.8. The van der Waals surface area contributed by atoms with Crippen LogP contribution in [-0.2, 0) is 0 Å². The maximum atomic E-state index is 5.75. The molecule has 0 spiro atoms. The van der Waals surface area contributed by atoms with Crippen molar-refractivity contribution in [2.45, 2.75) is 51.5 Å². The molecular weight excluding hydrogens is 477 g/mol. The average Bonchev–Trinajstić information content (AvgIpc) is 3.25. The first-order valence-corrected chi connectivity index (χ1v) is 11.2. The Morgan fingerprint density at radius 3 is 2.59 bits per heavy atom. The van der Waals surface area contributed by atoms with Gasteiger partial charge in [0.1, 0.15) is 5.76 Å². The highest BCUT2D eigenvalue weighted by Crippen LogP contribution is 2.25. The average molecular weight is 518 g/mol. The summed E-state index contributed by atoms with van der Waals surface area (Å²) in [6.45, 7) is 9.49. The fourth-order valence-electron chi connectivity index (χ4n) is 4.36. The van der Waals surface area contributed by atoms with Crippen LogP contribution in [-0.4, -0.2) is 68.6 Å². The molecule has 7 heteroatoms. The Kier molecular flexibility index (Phi) is 11.4. The maximum Gasteiger partial charge on any atom is 0.191 e. The number of nitrogens with one attached hydrogen (secondary N) is 2. The van der Waals surface area contributed by atoms with E-state index in [4.69, 9.17) is 9.41 Å². The van der Waals surface area contributed by atoms with E-state index in [1.54, 1.807) is 6.26 Å². The van der Waals surface area contributed by atoms with Gasteiger partial charge >= 0.3 is 0 Å². The molecule has 2 aliphatic heterocycles. The summed E-state index contributed by atoms with van der Waals surface area (Å²) in [5.74, 6) is 2.81. The first-order chi connectivity index (χ1) is 13.8. The number of nitrogens with zero attached hydrogens (tertiary/aromatic N) is 3. The van der Waals surface area contributed by atoms with Gasteiger partial charge in [0.2, 0.25) is 0 Å². The van der Waals surface area contributed by atoms with Gasteiger partial charge in [0.05, 0.1) is 18.8 Å². The standard InChI is InChI=1S/C22H39N5O.HI/c1-3-23-22(24-12-9-19-10-15-26(2)16-11-19)25-18-20(21-8-7-17-28-21)27-13-5-4-6-14-27;/h7-8,17,19-20H,3-6,9-16,18H2,1-2H3,(H2,23,24,25);1H. The summed E-state index contributed by atoms with van der Waals surface area (Å²) < 4.78 is 5.75. The van der Waals surface area contributed by atoms with Crippen LogP contribution in [0, 0.1) is 5.92 Å². The predicted molar refractivity (Wildman–Crippen MR) is 131 cm³/mol. The lowest BCUT2D eigenvalue weighted by atomic mass is 9.94. The van der Waals surface area contributed by atoms with Crippen LogP contribution in [0.3, 0.4) is 0 Å². The Hall–Kier alpha value is -0.800. The Morgan fingerprint density at radius 1 is 1.17 bits per heavy atom. The van der Waals surface area contributed by atoms with Crippen LogP contribution in [0.5, 0.6) is 0 Å². The summed E-state index contributed by atoms with van der Waals surface area (Å²) >= 11 is 0. The van der Waals surface area contributed by atoms with Gasteiger partial charge in [-0.2, -0.15) is 0 Å². The number of guanidine groups is 1. The number of furan rings is 1. The topological polar surface area (TPSA) is 56.0 Å². The molecule has 2 N–H and O–H groups in total. The van der Waals surface area contributed by atoms with E-state index in [0.717, 1.165) is 50.4 Å². The van der Waals surface area contributed by atoms with Crippen LogP contribution in [0.1, 0.15) is 57.3 Å². The molecule has 0 radical (unpaired) electrons. The molecule has 0 amide bonds. The third-order valence-corrected chi connectivity index (χ3v) is 6.15. The van der Waals surface area contributed by atoms with E-state index in [0.29, 0.717) is 0 Å². The lowest BCUT2D eigenvalue weighted by Gasteiger charge is -2.32. The summed E-state index contributed by atoms with van der Waals surface area (Å²) in [5, 5.41) is 6.97. The molecule has 2 saturated heterocycles. The van der Waals surface area contributed by atoms with E-state index in [1.165, 1.54) is 51.6 Å². The van der Waals surface area contributed by atoms with Crippen molar-refractivity contribution >= 4 is 29.9 Å².